The zero-order chi connectivity index (χ0) is 14.3. The van der Waals surface area contributed by atoms with Gasteiger partial charge in [0.1, 0.15) is 17.2 Å². The van der Waals surface area contributed by atoms with Gasteiger partial charge in [0, 0.05) is 11.5 Å². The van der Waals surface area contributed by atoms with Gasteiger partial charge in [0.15, 0.2) is 5.76 Å². The van der Waals surface area contributed by atoms with Crippen molar-refractivity contribution in [3.63, 3.8) is 0 Å². The average molecular weight is 337 g/mol. The number of fused-ring (bicyclic) bond motifs is 1. The van der Waals surface area contributed by atoms with E-state index in [0.717, 1.165) is 17.5 Å². The van der Waals surface area contributed by atoms with E-state index in [1.807, 2.05) is 0 Å². The predicted molar refractivity (Wildman–Crippen MR) is 73.7 cm³/mol. The molecule has 3 aromatic rings. The van der Waals surface area contributed by atoms with Gasteiger partial charge in [-0.05, 0) is 40.2 Å². The first-order valence-corrected chi connectivity index (χ1v) is 6.53. The second-order valence-electron chi connectivity index (χ2n) is 4.22. The van der Waals surface area contributed by atoms with E-state index in [-0.39, 0.29) is 11.3 Å². The third kappa shape index (κ3) is 2.14. The number of hydrogen-bond donors (Lipinski definition) is 0. The van der Waals surface area contributed by atoms with Crippen molar-refractivity contribution in [2.75, 3.05) is 0 Å². The Kier molecular flexibility index (Phi) is 3.14. The first kappa shape index (κ1) is 13.0. The second kappa shape index (κ2) is 4.83. The summed E-state index contributed by atoms with van der Waals surface area (Å²) in [5.41, 5.74) is 0.292. The molecule has 0 aliphatic rings. The van der Waals surface area contributed by atoms with E-state index in [0.29, 0.717) is 16.1 Å². The molecule has 3 rings (SSSR count). The lowest BCUT2D eigenvalue weighted by molar-refractivity contribution is 0.101. The van der Waals surface area contributed by atoms with Crippen LogP contribution in [0.15, 0.2) is 51.4 Å². The number of furan rings is 1. The van der Waals surface area contributed by atoms with E-state index in [4.69, 9.17) is 4.42 Å². The van der Waals surface area contributed by atoms with Gasteiger partial charge in [0.2, 0.25) is 5.78 Å². The fraction of sp³-hybridized carbons (Fsp3) is 0. The molecular weight excluding hydrogens is 330 g/mol. The van der Waals surface area contributed by atoms with Crippen LogP contribution in [-0.4, -0.2) is 5.78 Å². The highest BCUT2D eigenvalue weighted by molar-refractivity contribution is 9.10. The molecule has 100 valence electrons. The number of carbonyl (C=O) groups excluding carboxylic acids is 1. The molecule has 0 N–H and O–H groups in total. The minimum atomic E-state index is -0.908. The summed E-state index contributed by atoms with van der Waals surface area (Å²) in [5, 5.41) is 0.727. The Morgan fingerprint density at radius 3 is 2.60 bits per heavy atom. The molecule has 0 spiro atoms. The molecule has 0 radical (unpaired) electrons. The fourth-order valence-electron chi connectivity index (χ4n) is 1.95. The Morgan fingerprint density at radius 1 is 1.10 bits per heavy atom. The normalized spacial score (nSPS) is 10.9. The molecule has 0 aliphatic heterocycles. The summed E-state index contributed by atoms with van der Waals surface area (Å²) in [7, 11) is 0. The van der Waals surface area contributed by atoms with Crippen LogP contribution in [-0.2, 0) is 0 Å². The predicted octanol–water partition coefficient (Wildman–Crippen LogP) is 4.70. The Labute approximate surface area is 121 Å². The summed E-state index contributed by atoms with van der Waals surface area (Å²) in [4.78, 5) is 12.2. The van der Waals surface area contributed by atoms with Crippen LogP contribution in [0.4, 0.5) is 8.78 Å². The standard InChI is InChI=1S/C15H7BrF2O2/c16-11-3-1-2-8-6-13(20-15(8)11)14(19)10-5-4-9(17)7-12(10)18/h1-7H. The largest absolute Gasteiger partial charge is 0.451 e. The highest BCUT2D eigenvalue weighted by Crippen LogP contribution is 2.28. The van der Waals surface area contributed by atoms with Crippen molar-refractivity contribution in [3.8, 4) is 0 Å². The maximum absolute atomic E-state index is 13.6. The van der Waals surface area contributed by atoms with Gasteiger partial charge in [-0.1, -0.05) is 12.1 Å². The first-order valence-electron chi connectivity index (χ1n) is 5.74. The number of para-hydroxylation sites is 1. The smallest absolute Gasteiger partial charge is 0.231 e. The summed E-state index contributed by atoms with van der Waals surface area (Å²) in [6, 6.07) is 9.70. The van der Waals surface area contributed by atoms with Crippen LogP contribution in [0.2, 0.25) is 0 Å². The summed E-state index contributed by atoms with van der Waals surface area (Å²) < 4.78 is 32.6. The molecule has 0 aliphatic carbocycles. The van der Waals surface area contributed by atoms with Crippen molar-refractivity contribution in [1.82, 2.24) is 0 Å². The lowest BCUT2D eigenvalue weighted by Crippen LogP contribution is -2.03. The Morgan fingerprint density at radius 2 is 1.90 bits per heavy atom. The fourth-order valence-corrected chi connectivity index (χ4v) is 2.41. The zero-order valence-corrected chi connectivity index (χ0v) is 11.6. The summed E-state index contributed by atoms with van der Waals surface area (Å²) in [6.45, 7) is 0. The van der Waals surface area contributed by atoms with Gasteiger partial charge < -0.3 is 4.42 Å². The lowest BCUT2D eigenvalue weighted by Gasteiger charge is -1.99. The molecule has 1 aromatic heterocycles. The minimum absolute atomic E-state index is 0.0115. The van der Waals surface area contributed by atoms with Gasteiger partial charge in [-0.2, -0.15) is 0 Å². The molecular formula is C15H7BrF2O2. The maximum atomic E-state index is 13.6. The molecule has 1 heterocycles. The molecule has 0 saturated heterocycles. The SMILES string of the molecule is O=C(c1cc2cccc(Br)c2o1)c1ccc(F)cc1F. The van der Waals surface area contributed by atoms with Crippen molar-refractivity contribution >= 4 is 32.7 Å². The monoisotopic (exact) mass is 336 g/mol. The lowest BCUT2D eigenvalue weighted by atomic mass is 10.1. The van der Waals surface area contributed by atoms with Crippen molar-refractivity contribution in [2.45, 2.75) is 0 Å². The van der Waals surface area contributed by atoms with Gasteiger partial charge in [-0.15, -0.1) is 0 Å². The van der Waals surface area contributed by atoms with Gasteiger partial charge in [-0.3, -0.25) is 4.79 Å². The molecule has 0 bridgehead atoms. The van der Waals surface area contributed by atoms with E-state index in [2.05, 4.69) is 15.9 Å². The molecule has 20 heavy (non-hydrogen) atoms. The van der Waals surface area contributed by atoms with Crippen molar-refractivity contribution in [3.05, 3.63) is 69.9 Å². The van der Waals surface area contributed by atoms with Crippen LogP contribution in [0.3, 0.4) is 0 Å². The maximum Gasteiger partial charge on any atom is 0.231 e. The van der Waals surface area contributed by atoms with Gasteiger partial charge >= 0.3 is 0 Å². The second-order valence-corrected chi connectivity index (χ2v) is 5.08. The van der Waals surface area contributed by atoms with Crippen molar-refractivity contribution in [1.29, 1.82) is 0 Å². The van der Waals surface area contributed by atoms with Crippen LogP contribution in [0.5, 0.6) is 0 Å². The highest BCUT2D eigenvalue weighted by Gasteiger charge is 2.19. The van der Waals surface area contributed by atoms with E-state index in [1.165, 1.54) is 6.07 Å². The number of hydrogen-bond acceptors (Lipinski definition) is 2. The number of carbonyl (C=O) groups is 1. The van der Waals surface area contributed by atoms with E-state index in [1.54, 1.807) is 18.2 Å². The van der Waals surface area contributed by atoms with Crippen LogP contribution < -0.4 is 0 Å². The quantitative estimate of drug-likeness (QED) is 0.634. The number of ketones is 1. The summed E-state index contributed by atoms with van der Waals surface area (Å²) in [5.74, 6) is -2.25. The molecule has 2 aromatic carbocycles. The van der Waals surface area contributed by atoms with Crippen LogP contribution in [0.1, 0.15) is 16.1 Å². The first-order chi connectivity index (χ1) is 9.56. The van der Waals surface area contributed by atoms with Gasteiger partial charge in [0.05, 0.1) is 10.0 Å². The zero-order valence-electron chi connectivity index (χ0n) is 9.99. The van der Waals surface area contributed by atoms with Crippen molar-refractivity contribution in [2.24, 2.45) is 0 Å². The molecule has 5 heteroatoms. The molecule has 0 unspecified atom stereocenters. The van der Waals surface area contributed by atoms with E-state index >= 15 is 0 Å². The topological polar surface area (TPSA) is 30.2 Å². The van der Waals surface area contributed by atoms with Crippen LogP contribution >= 0.6 is 15.9 Å². The highest BCUT2D eigenvalue weighted by atomic mass is 79.9. The minimum Gasteiger partial charge on any atom is -0.451 e. The van der Waals surface area contributed by atoms with Crippen LogP contribution in [0, 0.1) is 11.6 Å². The Balaban J connectivity index is 2.10. The third-order valence-electron chi connectivity index (χ3n) is 2.90. The number of halogens is 3. The molecule has 0 amide bonds. The Bertz CT molecular complexity index is 824. The molecule has 0 saturated carbocycles. The third-order valence-corrected chi connectivity index (χ3v) is 3.52. The van der Waals surface area contributed by atoms with E-state index in [9.17, 15) is 13.6 Å². The summed E-state index contributed by atoms with van der Waals surface area (Å²) >= 11 is 3.31. The Hall–Kier alpha value is -2.01. The van der Waals surface area contributed by atoms with Gasteiger partial charge in [0.25, 0.3) is 0 Å². The van der Waals surface area contributed by atoms with Gasteiger partial charge in [-0.25, -0.2) is 8.78 Å². The summed E-state index contributed by atoms with van der Waals surface area (Å²) in [6.07, 6.45) is 0. The van der Waals surface area contributed by atoms with Crippen molar-refractivity contribution < 1.29 is 18.0 Å². The van der Waals surface area contributed by atoms with E-state index < -0.39 is 17.4 Å². The number of rotatable bonds is 2. The van der Waals surface area contributed by atoms with Crippen LogP contribution in [0.25, 0.3) is 11.0 Å². The molecule has 2 nitrogen and oxygen atoms in total. The average Bonchev–Trinajstić information content (AvgIpc) is 2.83. The number of benzene rings is 2. The molecule has 0 fully saturated rings. The molecule has 0 atom stereocenters.